The third kappa shape index (κ3) is 2.00. The van der Waals surface area contributed by atoms with E-state index in [2.05, 4.69) is 9.97 Å². The monoisotopic (exact) mass is 254 g/mol. The molecule has 0 fully saturated rings. The van der Waals surface area contributed by atoms with E-state index in [4.69, 9.17) is 23.2 Å². The fourth-order valence-corrected chi connectivity index (χ4v) is 1.86. The minimum atomic E-state index is -0.142. The summed E-state index contributed by atoms with van der Waals surface area (Å²) in [6.45, 7) is 6.13. The first-order valence-corrected chi connectivity index (χ1v) is 5.77. The third-order valence-corrected chi connectivity index (χ3v) is 2.89. The van der Waals surface area contributed by atoms with Crippen molar-refractivity contribution in [1.29, 1.82) is 0 Å². The van der Waals surface area contributed by atoms with Gasteiger partial charge in [0.25, 0.3) is 0 Å². The van der Waals surface area contributed by atoms with Crippen LogP contribution in [0.1, 0.15) is 26.6 Å². The SMILES string of the molecule is CC(C)(C)c1nc(Cl)c2cccc(Cl)c2n1. The molecular formula is C12H12Cl2N2. The number of hydrogen-bond acceptors (Lipinski definition) is 2. The second-order valence-corrected chi connectivity index (χ2v) is 5.49. The van der Waals surface area contributed by atoms with Crippen LogP contribution in [0.3, 0.4) is 0 Å². The Morgan fingerprint density at radius 2 is 1.75 bits per heavy atom. The van der Waals surface area contributed by atoms with E-state index < -0.39 is 0 Å². The van der Waals surface area contributed by atoms with Crippen molar-refractivity contribution in [1.82, 2.24) is 9.97 Å². The van der Waals surface area contributed by atoms with Crippen LogP contribution in [0, 0.1) is 0 Å². The molecule has 0 aliphatic carbocycles. The smallest absolute Gasteiger partial charge is 0.140 e. The van der Waals surface area contributed by atoms with Crippen molar-refractivity contribution in [2.24, 2.45) is 0 Å². The minimum absolute atomic E-state index is 0.142. The zero-order valence-electron chi connectivity index (χ0n) is 9.38. The van der Waals surface area contributed by atoms with Gasteiger partial charge in [0.15, 0.2) is 0 Å². The van der Waals surface area contributed by atoms with E-state index in [-0.39, 0.29) is 5.41 Å². The number of benzene rings is 1. The number of nitrogens with zero attached hydrogens (tertiary/aromatic N) is 2. The number of aromatic nitrogens is 2. The van der Waals surface area contributed by atoms with Gasteiger partial charge in [-0.25, -0.2) is 9.97 Å². The Hall–Kier alpha value is -0.860. The number of halogens is 2. The Labute approximate surface area is 105 Å². The summed E-state index contributed by atoms with van der Waals surface area (Å²) in [5.74, 6) is 0.707. The molecule has 0 saturated carbocycles. The van der Waals surface area contributed by atoms with E-state index in [0.717, 1.165) is 5.39 Å². The maximum Gasteiger partial charge on any atom is 0.140 e. The fraction of sp³-hybridized carbons (Fsp3) is 0.333. The summed E-state index contributed by atoms with van der Waals surface area (Å²) < 4.78 is 0. The molecule has 84 valence electrons. The normalized spacial score (nSPS) is 12.1. The van der Waals surface area contributed by atoms with Gasteiger partial charge in [-0.3, -0.25) is 0 Å². The van der Waals surface area contributed by atoms with Crippen LogP contribution in [0.2, 0.25) is 10.2 Å². The van der Waals surface area contributed by atoms with Crippen molar-refractivity contribution >= 4 is 34.1 Å². The van der Waals surface area contributed by atoms with E-state index in [1.54, 1.807) is 6.07 Å². The molecule has 16 heavy (non-hydrogen) atoms. The predicted octanol–water partition coefficient (Wildman–Crippen LogP) is 4.23. The molecule has 4 heteroatoms. The molecule has 1 heterocycles. The lowest BCUT2D eigenvalue weighted by molar-refractivity contribution is 0.548. The highest BCUT2D eigenvalue weighted by atomic mass is 35.5. The molecule has 0 aliphatic heterocycles. The van der Waals surface area contributed by atoms with Gasteiger partial charge < -0.3 is 0 Å². The van der Waals surface area contributed by atoms with Gasteiger partial charge in [0.1, 0.15) is 11.0 Å². The molecule has 0 spiro atoms. The molecule has 1 aromatic carbocycles. The summed E-state index contributed by atoms with van der Waals surface area (Å²) in [5, 5.41) is 1.85. The van der Waals surface area contributed by atoms with Gasteiger partial charge in [-0.2, -0.15) is 0 Å². The van der Waals surface area contributed by atoms with Gasteiger partial charge >= 0.3 is 0 Å². The van der Waals surface area contributed by atoms with E-state index in [1.165, 1.54) is 0 Å². The first-order chi connectivity index (χ1) is 7.39. The molecule has 1 aromatic heterocycles. The van der Waals surface area contributed by atoms with Crippen LogP contribution in [0.4, 0.5) is 0 Å². The first kappa shape index (κ1) is 11.6. The molecule has 0 radical (unpaired) electrons. The molecule has 0 amide bonds. The zero-order chi connectivity index (χ0) is 11.9. The summed E-state index contributed by atoms with van der Waals surface area (Å²) in [5.41, 5.74) is 0.575. The Morgan fingerprint density at radius 1 is 1.06 bits per heavy atom. The van der Waals surface area contributed by atoms with Crippen LogP contribution in [0.25, 0.3) is 10.9 Å². The number of hydrogen-bond donors (Lipinski definition) is 0. The number of fused-ring (bicyclic) bond motifs is 1. The summed E-state index contributed by atoms with van der Waals surface area (Å²) in [4.78, 5) is 8.79. The van der Waals surface area contributed by atoms with E-state index >= 15 is 0 Å². The molecule has 0 unspecified atom stereocenters. The lowest BCUT2D eigenvalue weighted by Crippen LogP contribution is -2.16. The van der Waals surface area contributed by atoms with Crippen molar-refractivity contribution in [3.63, 3.8) is 0 Å². The second-order valence-electron chi connectivity index (χ2n) is 4.72. The molecular weight excluding hydrogens is 243 g/mol. The highest BCUT2D eigenvalue weighted by Crippen LogP contribution is 2.29. The largest absolute Gasteiger partial charge is 0.231 e. The highest BCUT2D eigenvalue weighted by molar-refractivity contribution is 6.38. The van der Waals surface area contributed by atoms with Gasteiger partial charge in [0.2, 0.25) is 0 Å². The van der Waals surface area contributed by atoms with Crippen LogP contribution < -0.4 is 0 Å². The Morgan fingerprint density at radius 3 is 2.38 bits per heavy atom. The molecule has 0 atom stereocenters. The van der Waals surface area contributed by atoms with E-state index in [1.807, 2.05) is 32.9 Å². The van der Waals surface area contributed by atoms with E-state index in [0.29, 0.717) is 21.5 Å². The van der Waals surface area contributed by atoms with Crippen LogP contribution >= 0.6 is 23.2 Å². The molecule has 2 rings (SSSR count). The second kappa shape index (κ2) is 3.86. The van der Waals surface area contributed by atoms with Crippen LogP contribution in [0.15, 0.2) is 18.2 Å². The molecule has 0 bridgehead atoms. The first-order valence-electron chi connectivity index (χ1n) is 5.02. The maximum absolute atomic E-state index is 6.13. The molecule has 0 saturated heterocycles. The topological polar surface area (TPSA) is 25.8 Å². The maximum atomic E-state index is 6.13. The Balaban J connectivity index is 2.81. The van der Waals surface area contributed by atoms with Crippen molar-refractivity contribution in [2.75, 3.05) is 0 Å². The average molecular weight is 255 g/mol. The van der Waals surface area contributed by atoms with Crippen molar-refractivity contribution in [2.45, 2.75) is 26.2 Å². The van der Waals surface area contributed by atoms with Crippen molar-refractivity contribution in [3.05, 3.63) is 34.2 Å². The van der Waals surface area contributed by atoms with Gasteiger partial charge in [-0.1, -0.05) is 50.0 Å². The van der Waals surface area contributed by atoms with E-state index in [9.17, 15) is 0 Å². The Kier molecular flexibility index (Phi) is 2.81. The molecule has 0 N–H and O–H groups in total. The number of para-hydroxylation sites is 1. The van der Waals surface area contributed by atoms with Gasteiger partial charge in [0.05, 0.1) is 10.5 Å². The highest BCUT2D eigenvalue weighted by Gasteiger charge is 2.19. The van der Waals surface area contributed by atoms with Crippen LogP contribution in [-0.2, 0) is 5.41 Å². The summed E-state index contributed by atoms with van der Waals surface area (Å²) in [6, 6.07) is 5.52. The fourth-order valence-electron chi connectivity index (χ4n) is 1.41. The predicted molar refractivity (Wildman–Crippen MR) is 68.3 cm³/mol. The third-order valence-electron chi connectivity index (χ3n) is 2.30. The van der Waals surface area contributed by atoms with Gasteiger partial charge in [-0.15, -0.1) is 0 Å². The van der Waals surface area contributed by atoms with Gasteiger partial charge in [0, 0.05) is 10.8 Å². The Bertz CT molecular complexity index is 544. The minimum Gasteiger partial charge on any atom is -0.231 e. The lowest BCUT2D eigenvalue weighted by Gasteiger charge is -2.17. The number of rotatable bonds is 0. The quantitative estimate of drug-likeness (QED) is 0.658. The van der Waals surface area contributed by atoms with Gasteiger partial charge in [-0.05, 0) is 12.1 Å². The lowest BCUT2D eigenvalue weighted by atomic mass is 9.95. The van der Waals surface area contributed by atoms with Crippen molar-refractivity contribution in [3.8, 4) is 0 Å². The van der Waals surface area contributed by atoms with Crippen LogP contribution in [-0.4, -0.2) is 9.97 Å². The summed E-state index contributed by atoms with van der Waals surface area (Å²) in [7, 11) is 0. The van der Waals surface area contributed by atoms with Crippen molar-refractivity contribution < 1.29 is 0 Å². The zero-order valence-corrected chi connectivity index (χ0v) is 10.9. The molecule has 2 aromatic rings. The van der Waals surface area contributed by atoms with Crippen LogP contribution in [0.5, 0.6) is 0 Å². The molecule has 0 aliphatic rings. The standard InChI is InChI=1S/C12H12Cl2N2/c1-12(2,3)11-15-9-7(10(14)16-11)5-4-6-8(9)13/h4-6H,1-3H3. The summed E-state index contributed by atoms with van der Waals surface area (Å²) >= 11 is 12.2. The molecule has 2 nitrogen and oxygen atoms in total. The summed E-state index contributed by atoms with van der Waals surface area (Å²) in [6.07, 6.45) is 0. The average Bonchev–Trinajstić information content (AvgIpc) is 2.18.